The molecule has 0 aliphatic carbocycles. The van der Waals surface area contributed by atoms with Crippen LogP contribution in [-0.4, -0.2) is 12.3 Å². The van der Waals surface area contributed by atoms with Crippen LogP contribution < -0.4 is 0 Å². The predicted molar refractivity (Wildman–Crippen MR) is 57.1 cm³/mol. The van der Waals surface area contributed by atoms with Crippen molar-refractivity contribution in [1.82, 2.24) is 0 Å². The highest BCUT2D eigenvalue weighted by atomic mass is 79.9. The number of Topliss-reactive ketones (excluding diaryl/α,β-unsaturated/α-hetero) is 1. The number of carbonyl (C=O) groups is 1. The smallest absolute Gasteiger partial charge is 0.163 e. The van der Waals surface area contributed by atoms with Gasteiger partial charge in [0.25, 0.3) is 0 Å². The molecule has 0 unspecified atom stereocenters. The van der Waals surface area contributed by atoms with E-state index in [4.69, 9.17) is 5.53 Å². The summed E-state index contributed by atoms with van der Waals surface area (Å²) in [5.74, 6) is -0.00935. The van der Waals surface area contributed by atoms with Crippen LogP contribution in [0.2, 0.25) is 0 Å². The SMILES string of the molecule is [N-]=[N+]=NCCC(=O)c1ccc(Br)cc1. The first-order valence-corrected chi connectivity index (χ1v) is 4.83. The first kappa shape index (κ1) is 10.8. The molecule has 0 saturated heterocycles. The van der Waals surface area contributed by atoms with Crippen molar-refractivity contribution >= 4 is 21.7 Å². The van der Waals surface area contributed by atoms with Gasteiger partial charge in [-0.05, 0) is 17.7 Å². The number of rotatable bonds is 4. The van der Waals surface area contributed by atoms with E-state index in [0.29, 0.717) is 5.56 Å². The van der Waals surface area contributed by atoms with Gasteiger partial charge < -0.3 is 0 Å². The first-order valence-electron chi connectivity index (χ1n) is 4.03. The van der Waals surface area contributed by atoms with Gasteiger partial charge in [0.05, 0.1) is 0 Å². The van der Waals surface area contributed by atoms with E-state index in [1.807, 2.05) is 0 Å². The van der Waals surface area contributed by atoms with E-state index in [1.54, 1.807) is 24.3 Å². The third kappa shape index (κ3) is 3.20. The number of hydrogen-bond donors (Lipinski definition) is 0. The van der Waals surface area contributed by atoms with E-state index in [0.717, 1.165) is 4.47 Å². The van der Waals surface area contributed by atoms with Crippen molar-refractivity contribution in [3.8, 4) is 0 Å². The molecule has 0 aromatic heterocycles. The van der Waals surface area contributed by atoms with Crippen molar-refractivity contribution in [2.75, 3.05) is 6.54 Å². The van der Waals surface area contributed by atoms with E-state index in [-0.39, 0.29) is 18.7 Å². The van der Waals surface area contributed by atoms with E-state index < -0.39 is 0 Å². The standard InChI is InChI=1S/C9H8BrN3O/c10-8-3-1-7(2-4-8)9(14)5-6-12-13-11/h1-4H,5-6H2. The molecular weight excluding hydrogens is 246 g/mol. The van der Waals surface area contributed by atoms with Crippen LogP contribution in [0, 0.1) is 0 Å². The lowest BCUT2D eigenvalue weighted by Gasteiger charge is -1.98. The average Bonchev–Trinajstić information content (AvgIpc) is 2.19. The summed E-state index contributed by atoms with van der Waals surface area (Å²) in [6.45, 7) is 0.214. The van der Waals surface area contributed by atoms with Crippen LogP contribution in [0.5, 0.6) is 0 Å². The number of halogens is 1. The molecule has 0 N–H and O–H groups in total. The van der Waals surface area contributed by atoms with Crippen molar-refractivity contribution in [3.05, 3.63) is 44.7 Å². The number of azide groups is 1. The molecule has 0 bridgehead atoms. The highest BCUT2D eigenvalue weighted by Crippen LogP contribution is 2.11. The van der Waals surface area contributed by atoms with Gasteiger partial charge in [0.1, 0.15) is 0 Å². The van der Waals surface area contributed by atoms with Gasteiger partial charge in [-0.25, -0.2) is 0 Å². The lowest BCUT2D eigenvalue weighted by Crippen LogP contribution is -2.00. The van der Waals surface area contributed by atoms with Crippen LogP contribution in [0.3, 0.4) is 0 Å². The summed E-state index contributed by atoms with van der Waals surface area (Å²) in [5, 5.41) is 3.31. The Balaban J connectivity index is 2.60. The van der Waals surface area contributed by atoms with Gasteiger partial charge in [0.2, 0.25) is 0 Å². The molecule has 1 aromatic rings. The average molecular weight is 254 g/mol. The van der Waals surface area contributed by atoms with Crippen LogP contribution in [-0.2, 0) is 0 Å². The minimum absolute atomic E-state index is 0.00935. The third-order valence-corrected chi connectivity index (χ3v) is 2.20. The van der Waals surface area contributed by atoms with E-state index >= 15 is 0 Å². The molecule has 1 rings (SSSR count). The topological polar surface area (TPSA) is 65.8 Å². The van der Waals surface area contributed by atoms with Gasteiger partial charge in [-0.15, -0.1) is 0 Å². The van der Waals surface area contributed by atoms with Gasteiger partial charge >= 0.3 is 0 Å². The zero-order valence-electron chi connectivity index (χ0n) is 7.35. The molecule has 4 nitrogen and oxygen atoms in total. The maximum absolute atomic E-state index is 11.4. The first-order chi connectivity index (χ1) is 6.74. The molecule has 72 valence electrons. The normalized spacial score (nSPS) is 9.21. The Morgan fingerprint density at radius 2 is 2.07 bits per heavy atom. The summed E-state index contributed by atoms with van der Waals surface area (Å²) in [5.41, 5.74) is 8.67. The summed E-state index contributed by atoms with van der Waals surface area (Å²) in [4.78, 5) is 14.0. The number of benzene rings is 1. The highest BCUT2D eigenvalue weighted by Gasteiger charge is 2.03. The Labute approximate surface area is 89.7 Å². The van der Waals surface area contributed by atoms with Crippen LogP contribution in [0.25, 0.3) is 10.4 Å². The van der Waals surface area contributed by atoms with E-state index in [2.05, 4.69) is 26.0 Å². The fourth-order valence-corrected chi connectivity index (χ4v) is 1.24. The van der Waals surface area contributed by atoms with Crippen molar-refractivity contribution in [2.24, 2.45) is 5.11 Å². The van der Waals surface area contributed by atoms with Crippen molar-refractivity contribution in [1.29, 1.82) is 0 Å². The zero-order chi connectivity index (χ0) is 10.4. The van der Waals surface area contributed by atoms with Crippen molar-refractivity contribution < 1.29 is 4.79 Å². The summed E-state index contributed by atoms with van der Waals surface area (Å²) in [6.07, 6.45) is 0.256. The Kier molecular flexibility index (Phi) is 4.16. The van der Waals surface area contributed by atoms with Crippen LogP contribution in [0.1, 0.15) is 16.8 Å². The molecule has 0 atom stereocenters. The number of ketones is 1. The molecule has 0 amide bonds. The van der Waals surface area contributed by atoms with Gasteiger partial charge in [-0.3, -0.25) is 4.79 Å². The Morgan fingerprint density at radius 3 is 2.64 bits per heavy atom. The second-order valence-corrected chi connectivity index (χ2v) is 3.55. The molecule has 0 spiro atoms. The van der Waals surface area contributed by atoms with Gasteiger partial charge in [-0.2, -0.15) is 0 Å². The molecule has 14 heavy (non-hydrogen) atoms. The van der Waals surface area contributed by atoms with Gasteiger partial charge in [-0.1, -0.05) is 33.2 Å². The summed E-state index contributed by atoms with van der Waals surface area (Å²) < 4.78 is 0.934. The summed E-state index contributed by atoms with van der Waals surface area (Å²) >= 11 is 3.28. The maximum atomic E-state index is 11.4. The number of nitrogens with zero attached hydrogens (tertiary/aromatic N) is 3. The minimum atomic E-state index is -0.00935. The minimum Gasteiger partial charge on any atom is -0.294 e. The molecule has 0 aliphatic heterocycles. The highest BCUT2D eigenvalue weighted by molar-refractivity contribution is 9.10. The molecule has 0 saturated carbocycles. The summed E-state index contributed by atoms with van der Waals surface area (Å²) in [6, 6.07) is 7.09. The zero-order valence-corrected chi connectivity index (χ0v) is 8.94. The second-order valence-electron chi connectivity index (χ2n) is 2.63. The van der Waals surface area contributed by atoms with Crippen LogP contribution >= 0.6 is 15.9 Å². The third-order valence-electron chi connectivity index (χ3n) is 1.67. The largest absolute Gasteiger partial charge is 0.294 e. The summed E-state index contributed by atoms with van der Waals surface area (Å²) in [7, 11) is 0. The molecule has 1 aromatic carbocycles. The molecule has 0 radical (unpaired) electrons. The fraction of sp³-hybridized carbons (Fsp3) is 0.222. The Hall–Kier alpha value is -1.32. The molecular formula is C9H8BrN3O. The van der Waals surface area contributed by atoms with Crippen molar-refractivity contribution in [2.45, 2.75) is 6.42 Å². The van der Waals surface area contributed by atoms with E-state index in [9.17, 15) is 4.79 Å². The lowest BCUT2D eigenvalue weighted by atomic mass is 10.1. The molecule has 5 heteroatoms. The molecule has 0 aliphatic rings. The quantitative estimate of drug-likeness (QED) is 0.351. The maximum Gasteiger partial charge on any atom is 0.163 e. The predicted octanol–water partition coefficient (Wildman–Crippen LogP) is 3.33. The lowest BCUT2D eigenvalue weighted by molar-refractivity contribution is 0.0985. The van der Waals surface area contributed by atoms with E-state index in [1.165, 1.54) is 0 Å². The molecule has 0 heterocycles. The Morgan fingerprint density at radius 1 is 1.43 bits per heavy atom. The van der Waals surface area contributed by atoms with Crippen LogP contribution in [0.15, 0.2) is 33.9 Å². The second kappa shape index (κ2) is 5.42. The van der Waals surface area contributed by atoms with Crippen LogP contribution in [0.4, 0.5) is 0 Å². The number of hydrogen-bond acceptors (Lipinski definition) is 2. The monoisotopic (exact) mass is 253 g/mol. The van der Waals surface area contributed by atoms with Gasteiger partial charge in [0.15, 0.2) is 5.78 Å². The van der Waals surface area contributed by atoms with Crippen molar-refractivity contribution in [3.63, 3.8) is 0 Å². The molecule has 0 fully saturated rings. The fourth-order valence-electron chi connectivity index (χ4n) is 0.976. The Bertz CT molecular complexity index is 368. The number of carbonyl (C=O) groups excluding carboxylic acids is 1. The van der Waals surface area contributed by atoms with Gasteiger partial charge in [0, 0.05) is 27.9 Å².